The standard InChI is InChI=1S/C21H20ClFN4S/c1-11-3-4-13-9-25-10-15(13)17(11)18-16(22)7-14-20(19(18)23)26-28-21(14)27-6-5-24-8-12(27)2/h3-4,7,10,12,24H,5-6,8-9H2,1-2H3/t12-/m0/s1. The molecule has 0 bridgehead atoms. The Balaban J connectivity index is 1.72. The average molecular weight is 415 g/mol. The minimum absolute atomic E-state index is 0.328. The van der Waals surface area contributed by atoms with E-state index in [1.165, 1.54) is 11.5 Å². The Bertz CT molecular complexity index is 1120. The molecule has 1 fully saturated rings. The van der Waals surface area contributed by atoms with Gasteiger partial charge in [0.1, 0.15) is 10.5 Å². The Hall–Kier alpha value is -2.02. The van der Waals surface area contributed by atoms with E-state index in [9.17, 15) is 0 Å². The Kier molecular flexibility index (Phi) is 4.38. The first kappa shape index (κ1) is 18.0. The molecule has 2 aliphatic heterocycles. The molecular formula is C21H20ClFN4S. The van der Waals surface area contributed by atoms with Gasteiger partial charge >= 0.3 is 0 Å². The molecule has 4 nitrogen and oxygen atoms in total. The molecule has 5 rings (SSSR count). The molecule has 0 aliphatic carbocycles. The minimum Gasteiger partial charge on any atom is -0.356 e. The second kappa shape index (κ2) is 6.79. The smallest absolute Gasteiger partial charge is 0.159 e. The molecule has 7 heteroatoms. The molecule has 144 valence electrons. The van der Waals surface area contributed by atoms with E-state index >= 15 is 4.39 Å². The van der Waals surface area contributed by atoms with Crippen LogP contribution in [-0.2, 0) is 6.54 Å². The Labute approximate surface area is 172 Å². The maximum Gasteiger partial charge on any atom is 0.159 e. The number of nitrogens with one attached hydrogen (secondary N) is 1. The maximum absolute atomic E-state index is 15.7. The fourth-order valence-corrected chi connectivity index (χ4v) is 5.48. The number of aromatic nitrogens is 1. The normalized spacial score (nSPS) is 18.9. The van der Waals surface area contributed by atoms with Crippen LogP contribution in [0.15, 0.2) is 23.2 Å². The van der Waals surface area contributed by atoms with E-state index in [0.29, 0.717) is 28.7 Å². The predicted octanol–water partition coefficient (Wildman–Crippen LogP) is 4.79. The molecule has 2 aromatic carbocycles. The van der Waals surface area contributed by atoms with Crippen LogP contribution in [0.2, 0.25) is 5.02 Å². The van der Waals surface area contributed by atoms with Crippen molar-refractivity contribution in [3.8, 4) is 11.1 Å². The number of rotatable bonds is 2. The van der Waals surface area contributed by atoms with Crippen molar-refractivity contribution in [1.29, 1.82) is 0 Å². The third kappa shape index (κ3) is 2.66. The summed E-state index contributed by atoms with van der Waals surface area (Å²) in [6.45, 7) is 7.47. The SMILES string of the molecule is Cc1ccc2c(c1-c1c(Cl)cc3c(N4CCNC[C@@H]4C)snc3c1F)C=NC2. The Morgan fingerprint density at radius 1 is 1.32 bits per heavy atom. The summed E-state index contributed by atoms with van der Waals surface area (Å²) >= 11 is 8.04. The first-order valence-corrected chi connectivity index (χ1v) is 10.6. The van der Waals surface area contributed by atoms with Gasteiger partial charge in [-0.3, -0.25) is 4.99 Å². The number of nitrogens with zero attached hydrogens (tertiary/aromatic N) is 3. The summed E-state index contributed by atoms with van der Waals surface area (Å²) < 4.78 is 20.2. The summed E-state index contributed by atoms with van der Waals surface area (Å²) in [5.41, 5.74) is 4.71. The van der Waals surface area contributed by atoms with E-state index in [0.717, 1.165) is 52.3 Å². The summed E-state index contributed by atoms with van der Waals surface area (Å²) in [6, 6.07) is 6.28. The van der Waals surface area contributed by atoms with Gasteiger partial charge < -0.3 is 10.2 Å². The number of hydrogen-bond donors (Lipinski definition) is 1. The van der Waals surface area contributed by atoms with E-state index in [4.69, 9.17) is 11.6 Å². The minimum atomic E-state index is -0.343. The van der Waals surface area contributed by atoms with Crippen LogP contribution in [0, 0.1) is 12.7 Å². The third-order valence-electron chi connectivity index (χ3n) is 5.68. The fourth-order valence-electron chi connectivity index (χ4n) is 4.20. The van der Waals surface area contributed by atoms with E-state index < -0.39 is 0 Å². The lowest BCUT2D eigenvalue weighted by atomic mass is 9.92. The van der Waals surface area contributed by atoms with Crippen molar-refractivity contribution >= 4 is 45.3 Å². The molecule has 1 atom stereocenters. The summed E-state index contributed by atoms with van der Waals surface area (Å²) in [5, 5.41) is 5.60. The lowest BCUT2D eigenvalue weighted by Crippen LogP contribution is -2.49. The summed E-state index contributed by atoms with van der Waals surface area (Å²) in [6.07, 6.45) is 1.83. The van der Waals surface area contributed by atoms with Gasteiger partial charge in [-0.25, -0.2) is 4.39 Å². The maximum atomic E-state index is 15.7. The van der Waals surface area contributed by atoms with E-state index in [1.54, 1.807) is 0 Å². The van der Waals surface area contributed by atoms with Crippen molar-refractivity contribution < 1.29 is 4.39 Å². The molecule has 3 aromatic rings. The number of piperazine rings is 1. The van der Waals surface area contributed by atoms with Crippen LogP contribution < -0.4 is 10.2 Å². The first-order chi connectivity index (χ1) is 13.6. The zero-order chi connectivity index (χ0) is 19.4. The van der Waals surface area contributed by atoms with Gasteiger partial charge in [-0.2, -0.15) is 4.37 Å². The van der Waals surface area contributed by atoms with Crippen molar-refractivity contribution in [2.24, 2.45) is 4.99 Å². The molecule has 2 aliphatic rings. The van der Waals surface area contributed by atoms with Crippen LogP contribution in [0.1, 0.15) is 23.6 Å². The molecule has 1 saturated heterocycles. The molecule has 1 N–H and O–H groups in total. The highest BCUT2D eigenvalue weighted by Gasteiger charge is 2.27. The van der Waals surface area contributed by atoms with Crippen molar-refractivity contribution in [3.05, 3.63) is 45.7 Å². The third-order valence-corrected chi connectivity index (χ3v) is 6.88. The molecule has 3 heterocycles. The number of benzene rings is 2. The van der Waals surface area contributed by atoms with Gasteiger partial charge in [0, 0.05) is 48.4 Å². The summed E-state index contributed by atoms with van der Waals surface area (Å²) in [4.78, 5) is 6.65. The lowest BCUT2D eigenvalue weighted by molar-refractivity contribution is 0.504. The quantitative estimate of drug-likeness (QED) is 0.655. The van der Waals surface area contributed by atoms with Crippen molar-refractivity contribution in [3.63, 3.8) is 0 Å². The van der Waals surface area contributed by atoms with Crippen LogP contribution in [0.3, 0.4) is 0 Å². The zero-order valence-corrected chi connectivity index (χ0v) is 17.3. The number of fused-ring (bicyclic) bond motifs is 2. The van der Waals surface area contributed by atoms with Crippen LogP contribution in [0.25, 0.3) is 22.0 Å². The largest absolute Gasteiger partial charge is 0.356 e. The number of aliphatic imine (C=N–C) groups is 1. The molecule has 0 saturated carbocycles. The van der Waals surface area contributed by atoms with Crippen molar-refractivity contribution in [1.82, 2.24) is 9.69 Å². The molecule has 1 aromatic heterocycles. The van der Waals surface area contributed by atoms with Gasteiger partial charge in [-0.05, 0) is 48.1 Å². The van der Waals surface area contributed by atoms with Gasteiger partial charge in [-0.15, -0.1) is 0 Å². The topological polar surface area (TPSA) is 40.5 Å². The number of aryl methyl sites for hydroxylation is 1. The van der Waals surface area contributed by atoms with Crippen molar-refractivity contribution in [2.75, 3.05) is 24.5 Å². The molecule has 0 amide bonds. The Morgan fingerprint density at radius 2 is 2.18 bits per heavy atom. The molecule has 0 unspecified atom stereocenters. The van der Waals surface area contributed by atoms with Gasteiger partial charge in [0.25, 0.3) is 0 Å². The van der Waals surface area contributed by atoms with Gasteiger partial charge in [0.15, 0.2) is 5.82 Å². The van der Waals surface area contributed by atoms with E-state index in [1.807, 2.05) is 25.3 Å². The van der Waals surface area contributed by atoms with Gasteiger partial charge in [-0.1, -0.05) is 23.7 Å². The van der Waals surface area contributed by atoms with Crippen LogP contribution >= 0.6 is 23.1 Å². The van der Waals surface area contributed by atoms with Crippen molar-refractivity contribution in [2.45, 2.75) is 26.4 Å². The lowest BCUT2D eigenvalue weighted by Gasteiger charge is -2.34. The summed E-state index contributed by atoms with van der Waals surface area (Å²) in [7, 11) is 0. The zero-order valence-electron chi connectivity index (χ0n) is 15.7. The average Bonchev–Trinajstić information content (AvgIpc) is 3.31. The fraction of sp³-hybridized carbons (Fsp3) is 0.333. The monoisotopic (exact) mass is 414 g/mol. The molecular weight excluding hydrogens is 395 g/mol. The molecule has 0 spiro atoms. The van der Waals surface area contributed by atoms with E-state index in [2.05, 4.69) is 32.6 Å². The number of hydrogen-bond acceptors (Lipinski definition) is 5. The highest BCUT2D eigenvalue weighted by atomic mass is 35.5. The number of halogens is 2. The van der Waals surface area contributed by atoms with Gasteiger partial charge in [0.05, 0.1) is 11.6 Å². The highest BCUT2D eigenvalue weighted by molar-refractivity contribution is 7.11. The van der Waals surface area contributed by atoms with Gasteiger partial charge in [0.2, 0.25) is 0 Å². The second-order valence-electron chi connectivity index (χ2n) is 7.48. The van der Waals surface area contributed by atoms with Crippen LogP contribution in [0.4, 0.5) is 9.39 Å². The van der Waals surface area contributed by atoms with E-state index in [-0.39, 0.29) is 5.82 Å². The van der Waals surface area contributed by atoms with Crippen LogP contribution in [-0.4, -0.2) is 36.3 Å². The number of anilines is 1. The first-order valence-electron chi connectivity index (χ1n) is 9.43. The predicted molar refractivity (Wildman–Crippen MR) is 116 cm³/mol. The summed E-state index contributed by atoms with van der Waals surface area (Å²) in [5.74, 6) is -0.343. The Morgan fingerprint density at radius 3 is 3.00 bits per heavy atom. The molecule has 0 radical (unpaired) electrons. The highest BCUT2D eigenvalue weighted by Crippen LogP contribution is 2.43. The van der Waals surface area contributed by atoms with Crippen LogP contribution in [0.5, 0.6) is 0 Å². The molecule has 28 heavy (non-hydrogen) atoms. The second-order valence-corrected chi connectivity index (χ2v) is 8.64.